The minimum atomic E-state index is -0.789. The fourth-order valence-electron chi connectivity index (χ4n) is 1.69. The Bertz CT molecular complexity index is 724. The Labute approximate surface area is 125 Å². The van der Waals surface area contributed by atoms with Gasteiger partial charge in [-0.1, -0.05) is 30.3 Å². The van der Waals surface area contributed by atoms with E-state index < -0.39 is 17.6 Å². The molecule has 0 aliphatic heterocycles. The molecule has 0 fully saturated rings. The highest BCUT2D eigenvalue weighted by Gasteiger charge is 2.13. The van der Waals surface area contributed by atoms with E-state index in [1.54, 1.807) is 0 Å². The van der Waals surface area contributed by atoms with Gasteiger partial charge in [0.1, 0.15) is 12.2 Å². The van der Waals surface area contributed by atoms with Gasteiger partial charge in [0.25, 0.3) is 5.56 Å². The Balaban J connectivity index is 2.00. The number of aromatic amines is 1. The second-order valence-electron chi connectivity index (χ2n) is 4.31. The molecule has 2 aromatic rings. The van der Waals surface area contributed by atoms with E-state index in [9.17, 15) is 14.4 Å². The number of hydrogen-bond donors (Lipinski definition) is 2. The Kier molecular flexibility index (Phi) is 4.92. The van der Waals surface area contributed by atoms with E-state index in [2.05, 4.69) is 15.0 Å². The SMILES string of the molecule is COC(=O)c1cc(NC(=O)OCc2ccccc2)c[nH]c1=O. The Hall–Kier alpha value is -3.09. The van der Waals surface area contributed by atoms with Crippen LogP contribution in [-0.2, 0) is 16.1 Å². The second kappa shape index (κ2) is 7.07. The Morgan fingerprint density at radius 1 is 1.23 bits per heavy atom. The number of rotatable bonds is 4. The fraction of sp³-hybridized carbons (Fsp3) is 0.133. The van der Waals surface area contributed by atoms with Crippen LogP contribution in [0.2, 0.25) is 0 Å². The van der Waals surface area contributed by atoms with Crippen molar-refractivity contribution in [3.63, 3.8) is 0 Å². The fourth-order valence-corrected chi connectivity index (χ4v) is 1.69. The number of pyridine rings is 1. The summed E-state index contributed by atoms with van der Waals surface area (Å²) in [6.07, 6.45) is 0.560. The van der Waals surface area contributed by atoms with Gasteiger partial charge in [-0.05, 0) is 11.6 Å². The Morgan fingerprint density at radius 2 is 1.95 bits per heavy atom. The van der Waals surface area contributed by atoms with Crippen LogP contribution in [-0.4, -0.2) is 24.2 Å². The van der Waals surface area contributed by atoms with Gasteiger partial charge in [-0.2, -0.15) is 0 Å². The van der Waals surface area contributed by atoms with E-state index in [1.807, 2.05) is 30.3 Å². The highest BCUT2D eigenvalue weighted by molar-refractivity contribution is 5.91. The number of hydrogen-bond acceptors (Lipinski definition) is 5. The monoisotopic (exact) mass is 302 g/mol. The largest absolute Gasteiger partial charge is 0.465 e. The van der Waals surface area contributed by atoms with Crippen LogP contribution in [0, 0.1) is 0 Å². The van der Waals surface area contributed by atoms with Crippen LogP contribution in [0.25, 0.3) is 0 Å². The molecule has 0 atom stereocenters. The van der Waals surface area contributed by atoms with E-state index >= 15 is 0 Å². The van der Waals surface area contributed by atoms with Gasteiger partial charge in [0, 0.05) is 6.20 Å². The lowest BCUT2D eigenvalue weighted by molar-refractivity contribution is 0.0598. The molecule has 2 rings (SSSR count). The van der Waals surface area contributed by atoms with E-state index in [4.69, 9.17) is 4.74 Å². The van der Waals surface area contributed by atoms with Crippen molar-refractivity contribution in [2.24, 2.45) is 0 Å². The van der Waals surface area contributed by atoms with Gasteiger partial charge < -0.3 is 14.5 Å². The van der Waals surface area contributed by atoms with Crippen molar-refractivity contribution in [1.82, 2.24) is 4.98 Å². The van der Waals surface area contributed by atoms with Crippen LogP contribution in [0.15, 0.2) is 47.4 Å². The van der Waals surface area contributed by atoms with Crippen LogP contribution in [0.5, 0.6) is 0 Å². The van der Waals surface area contributed by atoms with Crippen LogP contribution in [0.3, 0.4) is 0 Å². The summed E-state index contributed by atoms with van der Waals surface area (Å²) in [6, 6.07) is 10.4. The van der Waals surface area contributed by atoms with E-state index in [0.717, 1.165) is 12.7 Å². The van der Waals surface area contributed by atoms with Crippen molar-refractivity contribution in [2.75, 3.05) is 12.4 Å². The van der Waals surface area contributed by atoms with Crippen molar-refractivity contribution in [2.45, 2.75) is 6.61 Å². The first-order chi connectivity index (χ1) is 10.6. The molecule has 22 heavy (non-hydrogen) atoms. The number of anilines is 1. The maximum atomic E-state index is 11.7. The number of amides is 1. The van der Waals surface area contributed by atoms with Gasteiger partial charge in [-0.15, -0.1) is 0 Å². The molecule has 0 saturated carbocycles. The van der Waals surface area contributed by atoms with Crippen molar-refractivity contribution in [1.29, 1.82) is 0 Å². The molecule has 7 heteroatoms. The van der Waals surface area contributed by atoms with Crippen LogP contribution in [0.1, 0.15) is 15.9 Å². The maximum absolute atomic E-state index is 11.7. The number of aromatic nitrogens is 1. The molecule has 1 aromatic carbocycles. The predicted molar refractivity (Wildman–Crippen MR) is 78.7 cm³/mol. The normalized spacial score (nSPS) is 9.86. The highest BCUT2D eigenvalue weighted by atomic mass is 16.5. The lowest BCUT2D eigenvalue weighted by Gasteiger charge is -2.07. The summed E-state index contributed by atoms with van der Waals surface area (Å²) in [4.78, 5) is 36.9. The number of esters is 1. The topological polar surface area (TPSA) is 97.5 Å². The van der Waals surface area contributed by atoms with Gasteiger partial charge in [-0.25, -0.2) is 9.59 Å². The summed E-state index contributed by atoms with van der Waals surface area (Å²) < 4.78 is 9.51. The van der Waals surface area contributed by atoms with E-state index in [1.165, 1.54) is 12.3 Å². The number of methoxy groups -OCH3 is 1. The van der Waals surface area contributed by atoms with E-state index in [0.29, 0.717) is 0 Å². The standard InChI is InChI=1S/C15H14N2O5/c1-21-14(19)12-7-11(8-16-13(12)18)17-15(20)22-9-10-5-3-2-4-6-10/h2-8H,9H2,1H3,(H,16,18)(H,17,20). The quantitative estimate of drug-likeness (QED) is 0.841. The summed E-state index contributed by atoms with van der Waals surface area (Å²) in [5, 5.41) is 2.42. The van der Waals surface area contributed by atoms with Crippen molar-refractivity contribution in [3.8, 4) is 0 Å². The predicted octanol–water partition coefficient (Wildman–Crippen LogP) is 1.91. The summed E-state index contributed by atoms with van der Waals surface area (Å²) in [7, 11) is 1.16. The third kappa shape index (κ3) is 3.95. The average Bonchev–Trinajstić information content (AvgIpc) is 2.55. The van der Waals surface area contributed by atoms with Crippen LogP contribution >= 0.6 is 0 Å². The summed E-state index contributed by atoms with van der Waals surface area (Å²) in [5.74, 6) is -0.789. The summed E-state index contributed by atoms with van der Waals surface area (Å²) >= 11 is 0. The summed E-state index contributed by atoms with van der Waals surface area (Å²) in [6.45, 7) is 0.111. The third-order valence-electron chi connectivity index (χ3n) is 2.77. The molecular formula is C15H14N2O5. The van der Waals surface area contributed by atoms with Gasteiger partial charge >= 0.3 is 12.1 Å². The zero-order valence-corrected chi connectivity index (χ0v) is 11.8. The minimum absolute atomic E-state index is 0.111. The smallest absolute Gasteiger partial charge is 0.412 e. The number of ether oxygens (including phenoxy) is 2. The number of H-pyrrole nitrogens is 1. The zero-order chi connectivity index (χ0) is 15.9. The number of benzene rings is 1. The first-order valence-electron chi connectivity index (χ1n) is 6.39. The first-order valence-corrected chi connectivity index (χ1v) is 6.39. The van der Waals surface area contributed by atoms with Crippen molar-refractivity contribution in [3.05, 3.63) is 64.1 Å². The molecule has 0 aliphatic carbocycles. The number of carbonyl (C=O) groups excluding carboxylic acids is 2. The third-order valence-corrected chi connectivity index (χ3v) is 2.77. The molecule has 0 aliphatic rings. The van der Waals surface area contributed by atoms with Crippen molar-refractivity contribution < 1.29 is 19.1 Å². The lowest BCUT2D eigenvalue weighted by Crippen LogP contribution is -2.20. The maximum Gasteiger partial charge on any atom is 0.412 e. The molecule has 0 bridgehead atoms. The molecule has 0 radical (unpaired) electrons. The second-order valence-corrected chi connectivity index (χ2v) is 4.31. The molecule has 2 N–H and O–H groups in total. The molecular weight excluding hydrogens is 288 g/mol. The van der Waals surface area contributed by atoms with E-state index in [-0.39, 0.29) is 17.9 Å². The molecule has 7 nitrogen and oxygen atoms in total. The van der Waals surface area contributed by atoms with Gasteiger partial charge in [0.2, 0.25) is 0 Å². The first kappa shape index (κ1) is 15.3. The molecule has 0 saturated heterocycles. The lowest BCUT2D eigenvalue weighted by atomic mass is 10.2. The number of nitrogens with one attached hydrogen (secondary N) is 2. The molecule has 1 amide bonds. The zero-order valence-electron chi connectivity index (χ0n) is 11.8. The van der Waals surface area contributed by atoms with Gasteiger partial charge in [0.15, 0.2) is 0 Å². The minimum Gasteiger partial charge on any atom is -0.465 e. The average molecular weight is 302 g/mol. The number of carbonyl (C=O) groups is 2. The summed E-state index contributed by atoms with van der Waals surface area (Å²) in [5.41, 5.74) is 0.255. The highest BCUT2D eigenvalue weighted by Crippen LogP contribution is 2.08. The van der Waals surface area contributed by atoms with Gasteiger partial charge in [0.05, 0.1) is 12.8 Å². The van der Waals surface area contributed by atoms with Crippen LogP contribution < -0.4 is 10.9 Å². The molecule has 1 heterocycles. The molecule has 1 aromatic heterocycles. The van der Waals surface area contributed by atoms with Gasteiger partial charge in [-0.3, -0.25) is 10.1 Å². The molecule has 114 valence electrons. The van der Waals surface area contributed by atoms with Crippen LogP contribution in [0.4, 0.5) is 10.5 Å². The molecule has 0 unspecified atom stereocenters. The van der Waals surface area contributed by atoms with Crippen molar-refractivity contribution >= 4 is 17.7 Å². The Morgan fingerprint density at radius 3 is 2.64 bits per heavy atom. The molecule has 0 spiro atoms.